The van der Waals surface area contributed by atoms with Crippen LogP contribution in [0.5, 0.6) is 5.75 Å². The van der Waals surface area contributed by atoms with E-state index in [0.29, 0.717) is 11.3 Å². The number of aromatic nitrogens is 3. The van der Waals surface area contributed by atoms with E-state index in [-0.39, 0.29) is 26.8 Å². The van der Waals surface area contributed by atoms with Crippen molar-refractivity contribution in [3.63, 3.8) is 0 Å². The van der Waals surface area contributed by atoms with Gasteiger partial charge in [-0.1, -0.05) is 96.1 Å². The number of benzene rings is 4. The van der Waals surface area contributed by atoms with E-state index >= 15 is 0 Å². The summed E-state index contributed by atoms with van der Waals surface area (Å²) in [7, 11) is 0. The second-order valence-corrected chi connectivity index (χ2v) is 10.0. The number of imidazole rings is 1. The molecule has 0 aliphatic heterocycles. The summed E-state index contributed by atoms with van der Waals surface area (Å²) in [5.74, 6) is 0.242. The summed E-state index contributed by atoms with van der Waals surface area (Å²) in [6.45, 7) is 1.90. The normalized spacial score (nSPS) is 10.9. The minimum Gasteiger partial charge on any atom is -0.507 e. The number of phenols is 1. The number of phenolic OH excluding ortho intramolecular Hbond substituents is 1. The molecule has 0 fully saturated rings. The van der Waals surface area contributed by atoms with Crippen LogP contribution in [0.4, 0.5) is 0 Å². The quantitative estimate of drug-likeness (QED) is 0.181. The molecule has 3 aromatic heterocycles. The monoisotopic (exact) mass is 723 g/mol. The molecule has 0 radical (unpaired) electrons. The van der Waals surface area contributed by atoms with Gasteiger partial charge in [-0.2, -0.15) is 0 Å². The van der Waals surface area contributed by atoms with E-state index in [4.69, 9.17) is 9.97 Å². The number of hydrogen-bond donors (Lipinski definition) is 1. The Labute approximate surface area is 259 Å². The molecule has 1 N–H and O–H groups in total. The summed E-state index contributed by atoms with van der Waals surface area (Å²) in [5, 5.41) is 10.9. The van der Waals surface area contributed by atoms with Crippen molar-refractivity contribution in [3.8, 4) is 61.9 Å². The van der Waals surface area contributed by atoms with Crippen molar-refractivity contribution >= 4 is 5.65 Å². The smallest absolute Gasteiger partial charge is 0.129 e. The molecule has 4 aromatic carbocycles. The van der Waals surface area contributed by atoms with E-state index in [1.807, 2.05) is 110 Å². The molecule has 0 saturated carbocycles. The predicted octanol–water partition coefficient (Wildman–Crippen LogP) is 8.88. The Balaban J connectivity index is 0.00000316. The summed E-state index contributed by atoms with van der Waals surface area (Å²) in [6.07, 6.45) is 2.05. The molecule has 0 spiro atoms. The molecule has 0 atom stereocenters. The molecular weight excluding hydrogens is 698 g/mol. The minimum absolute atomic E-state index is 0. The number of nitrogens with zero attached hydrogens (tertiary/aromatic N) is 3. The van der Waals surface area contributed by atoms with Gasteiger partial charge in [-0.3, -0.25) is 9.97 Å². The Bertz CT molecular complexity index is 2020. The van der Waals surface area contributed by atoms with Crippen LogP contribution in [0, 0.1) is 13.0 Å². The van der Waals surface area contributed by atoms with E-state index in [0.717, 1.165) is 56.1 Å². The maximum Gasteiger partial charge on any atom is 0.129 e. The van der Waals surface area contributed by atoms with Crippen LogP contribution in [0.25, 0.3) is 61.8 Å². The molecule has 0 unspecified atom stereocenters. The zero-order valence-corrected chi connectivity index (χ0v) is 25.1. The summed E-state index contributed by atoms with van der Waals surface area (Å²) in [4.78, 5) is 10.1. The third kappa shape index (κ3) is 5.06. The number of rotatable bonds is 5. The van der Waals surface area contributed by atoms with Crippen LogP contribution in [0.1, 0.15) is 5.56 Å². The minimum atomic E-state index is 0. The standard InChI is InChI=1S/C37H26N3O.Pt/c1-25-12-10-19-31(37(25)41)33-24-30(26-13-4-2-5-14-26)23-32(38-33)28-17-11-18-29(22-28)35-36(27-15-6-3-7-16-27)40-21-9-8-20-34(40)39-35;/h2-21,23-24,41H,1H3;/q-1;. The van der Waals surface area contributed by atoms with E-state index in [2.05, 4.69) is 40.8 Å². The van der Waals surface area contributed by atoms with Crippen molar-refractivity contribution in [2.45, 2.75) is 6.92 Å². The number of para-hydroxylation sites is 1. The Morgan fingerprint density at radius 2 is 1.29 bits per heavy atom. The van der Waals surface area contributed by atoms with Crippen LogP contribution in [0.15, 0.2) is 134 Å². The van der Waals surface area contributed by atoms with Gasteiger partial charge in [0.05, 0.1) is 5.69 Å². The second kappa shape index (κ2) is 11.6. The molecule has 3 heterocycles. The molecule has 0 aliphatic rings. The topological polar surface area (TPSA) is 50.4 Å². The molecule has 42 heavy (non-hydrogen) atoms. The van der Waals surface area contributed by atoms with Crippen molar-refractivity contribution < 1.29 is 26.2 Å². The first-order chi connectivity index (χ1) is 20.2. The van der Waals surface area contributed by atoms with Crippen molar-refractivity contribution in [2.24, 2.45) is 0 Å². The van der Waals surface area contributed by atoms with Gasteiger partial charge in [0.1, 0.15) is 11.4 Å². The van der Waals surface area contributed by atoms with Gasteiger partial charge in [0.25, 0.3) is 0 Å². The Hall–Kier alpha value is -4.79. The number of aromatic hydroxyl groups is 1. The van der Waals surface area contributed by atoms with Gasteiger partial charge in [-0.25, -0.2) is 0 Å². The van der Waals surface area contributed by atoms with Gasteiger partial charge in [0.15, 0.2) is 0 Å². The third-order valence-electron chi connectivity index (χ3n) is 7.35. The summed E-state index contributed by atoms with van der Waals surface area (Å²) in [6, 6.07) is 46.2. The summed E-state index contributed by atoms with van der Waals surface area (Å²) < 4.78 is 2.12. The maximum absolute atomic E-state index is 10.9. The zero-order chi connectivity index (χ0) is 27.8. The second-order valence-electron chi connectivity index (χ2n) is 10.0. The molecule has 7 rings (SSSR count). The maximum atomic E-state index is 10.9. The van der Waals surface area contributed by atoms with Crippen LogP contribution in [0.2, 0.25) is 0 Å². The van der Waals surface area contributed by atoms with E-state index < -0.39 is 0 Å². The van der Waals surface area contributed by atoms with E-state index in [1.54, 1.807) is 0 Å². The fourth-order valence-electron chi connectivity index (χ4n) is 5.28. The average Bonchev–Trinajstić information content (AvgIpc) is 3.43. The van der Waals surface area contributed by atoms with Gasteiger partial charge in [-0.15, -0.1) is 24.3 Å². The van der Waals surface area contributed by atoms with Crippen molar-refractivity contribution in [1.82, 2.24) is 14.4 Å². The number of hydrogen-bond acceptors (Lipinski definition) is 3. The number of aryl methyl sites for hydroxylation is 1. The molecule has 206 valence electrons. The van der Waals surface area contributed by atoms with Crippen LogP contribution in [-0.2, 0) is 21.1 Å². The van der Waals surface area contributed by atoms with E-state index in [9.17, 15) is 5.11 Å². The number of pyridine rings is 2. The van der Waals surface area contributed by atoms with Crippen molar-refractivity contribution in [1.29, 1.82) is 0 Å². The zero-order valence-electron chi connectivity index (χ0n) is 22.8. The first kappa shape index (κ1) is 27.4. The van der Waals surface area contributed by atoms with Gasteiger partial charge in [0, 0.05) is 49.9 Å². The van der Waals surface area contributed by atoms with E-state index in [1.165, 1.54) is 0 Å². The fraction of sp³-hybridized carbons (Fsp3) is 0.0270. The molecule has 7 aromatic rings. The van der Waals surface area contributed by atoms with Crippen LogP contribution in [0.3, 0.4) is 0 Å². The van der Waals surface area contributed by atoms with Gasteiger partial charge in [-0.05, 0) is 53.4 Å². The SMILES string of the molecule is Cc1cccc(-c2cc(-c3ccccc3)cc(-c3[c-]c(-c4nc5ccccn5c4-c4ccccc4)ccc3)n2)c1O.[Pt]. The van der Waals surface area contributed by atoms with Crippen LogP contribution < -0.4 is 0 Å². The molecule has 4 nitrogen and oxygen atoms in total. The third-order valence-corrected chi connectivity index (χ3v) is 7.35. The molecular formula is C37H26N3OPt-. The summed E-state index contributed by atoms with van der Waals surface area (Å²) >= 11 is 0. The molecule has 0 amide bonds. The summed E-state index contributed by atoms with van der Waals surface area (Å²) in [5.41, 5.74) is 10.7. The van der Waals surface area contributed by atoms with Crippen molar-refractivity contribution in [3.05, 3.63) is 145 Å². The first-order valence-electron chi connectivity index (χ1n) is 13.6. The largest absolute Gasteiger partial charge is 0.507 e. The Morgan fingerprint density at radius 1 is 0.619 bits per heavy atom. The van der Waals surface area contributed by atoms with Crippen LogP contribution >= 0.6 is 0 Å². The molecule has 0 aliphatic carbocycles. The van der Waals surface area contributed by atoms with Gasteiger partial charge in [0.2, 0.25) is 0 Å². The Kier molecular flexibility index (Phi) is 7.56. The van der Waals surface area contributed by atoms with Crippen LogP contribution in [-0.4, -0.2) is 19.5 Å². The molecule has 0 bridgehead atoms. The predicted molar refractivity (Wildman–Crippen MR) is 165 cm³/mol. The van der Waals surface area contributed by atoms with Gasteiger partial charge >= 0.3 is 0 Å². The average molecular weight is 724 g/mol. The Morgan fingerprint density at radius 3 is 2.07 bits per heavy atom. The first-order valence-corrected chi connectivity index (χ1v) is 13.6. The molecule has 0 saturated heterocycles. The van der Waals surface area contributed by atoms with Crippen molar-refractivity contribution in [2.75, 3.05) is 0 Å². The van der Waals surface area contributed by atoms with Gasteiger partial charge < -0.3 is 9.51 Å². The molecule has 5 heteroatoms. The fourth-order valence-corrected chi connectivity index (χ4v) is 5.28. The number of fused-ring (bicyclic) bond motifs is 1.